The number of carbonyl (C=O) groups is 2. The van der Waals surface area contributed by atoms with Gasteiger partial charge in [0.1, 0.15) is 18.2 Å². The number of nitrogens with zero attached hydrogens (tertiary/aromatic N) is 2. The number of alkyl halides is 1. The Balaban J connectivity index is 1.41. The molecular weight excluding hydrogens is 380 g/mol. The molecule has 8 heteroatoms. The molecule has 0 bridgehead atoms. The van der Waals surface area contributed by atoms with Crippen molar-refractivity contribution < 1.29 is 23.1 Å². The van der Waals surface area contributed by atoms with Crippen molar-refractivity contribution in [3.63, 3.8) is 0 Å². The van der Waals surface area contributed by atoms with Gasteiger partial charge in [0.05, 0.1) is 19.7 Å². The fraction of sp³-hybridized carbons (Fsp3) is 0.619. The number of methoxy groups -OCH3 is 1. The van der Waals surface area contributed by atoms with Gasteiger partial charge in [-0.05, 0) is 56.8 Å². The molecule has 29 heavy (non-hydrogen) atoms. The van der Waals surface area contributed by atoms with Gasteiger partial charge in [-0.15, -0.1) is 0 Å². The normalized spacial score (nSPS) is 20.7. The largest absolute Gasteiger partial charge is 0.497 e. The van der Waals surface area contributed by atoms with E-state index in [4.69, 9.17) is 4.74 Å². The van der Waals surface area contributed by atoms with Crippen LogP contribution in [0.15, 0.2) is 18.2 Å². The van der Waals surface area contributed by atoms with E-state index in [1.165, 1.54) is 25.3 Å². The minimum atomic E-state index is -0.513. The number of halogens is 2. The van der Waals surface area contributed by atoms with E-state index in [-0.39, 0.29) is 23.4 Å². The van der Waals surface area contributed by atoms with Crippen LogP contribution in [-0.4, -0.2) is 74.2 Å². The highest BCUT2D eigenvalue weighted by Gasteiger charge is 2.30. The van der Waals surface area contributed by atoms with Gasteiger partial charge in [-0.1, -0.05) is 0 Å². The molecule has 2 fully saturated rings. The summed E-state index contributed by atoms with van der Waals surface area (Å²) in [5.74, 6) is -0.212. The first-order valence-corrected chi connectivity index (χ1v) is 10.2. The summed E-state index contributed by atoms with van der Waals surface area (Å²) >= 11 is 0. The van der Waals surface area contributed by atoms with Gasteiger partial charge in [-0.25, -0.2) is 8.78 Å². The number of rotatable bonds is 7. The highest BCUT2D eigenvalue weighted by atomic mass is 19.1. The zero-order valence-corrected chi connectivity index (χ0v) is 16.8. The summed E-state index contributed by atoms with van der Waals surface area (Å²) < 4.78 is 31.6. The van der Waals surface area contributed by atoms with Crippen molar-refractivity contribution in [3.05, 3.63) is 29.6 Å². The number of hydrogen-bond donors (Lipinski definition) is 1. The van der Waals surface area contributed by atoms with Crippen LogP contribution in [-0.2, 0) is 4.79 Å². The Kier molecular flexibility index (Phi) is 7.41. The van der Waals surface area contributed by atoms with E-state index < -0.39 is 12.5 Å². The number of hydrogen-bond acceptors (Lipinski definition) is 4. The molecule has 160 valence electrons. The second kappa shape index (κ2) is 10.0. The van der Waals surface area contributed by atoms with Crippen LogP contribution >= 0.6 is 0 Å². The van der Waals surface area contributed by atoms with Crippen LogP contribution in [0.1, 0.15) is 36.0 Å². The lowest BCUT2D eigenvalue weighted by Crippen LogP contribution is -2.46. The maximum atomic E-state index is 13.6. The molecule has 2 aliphatic rings. The minimum absolute atomic E-state index is 0.0111. The smallest absolute Gasteiger partial charge is 0.251 e. The Morgan fingerprint density at radius 3 is 2.62 bits per heavy atom. The first-order valence-electron chi connectivity index (χ1n) is 10.2. The highest BCUT2D eigenvalue weighted by Crippen LogP contribution is 2.21. The third-order valence-electron chi connectivity index (χ3n) is 5.86. The van der Waals surface area contributed by atoms with Gasteiger partial charge in [0.25, 0.3) is 5.91 Å². The van der Waals surface area contributed by atoms with E-state index in [1.54, 1.807) is 4.90 Å². The minimum Gasteiger partial charge on any atom is -0.497 e. The summed E-state index contributed by atoms with van der Waals surface area (Å²) in [5.41, 5.74) is 0.234. The maximum Gasteiger partial charge on any atom is 0.251 e. The molecule has 0 radical (unpaired) electrons. The van der Waals surface area contributed by atoms with Gasteiger partial charge < -0.3 is 15.0 Å². The molecule has 1 N–H and O–H groups in total. The molecule has 3 rings (SSSR count). The topological polar surface area (TPSA) is 61.9 Å². The zero-order valence-electron chi connectivity index (χ0n) is 16.8. The van der Waals surface area contributed by atoms with E-state index in [0.717, 1.165) is 38.8 Å². The van der Waals surface area contributed by atoms with Crippen LogP contribution in [0.3, 0.4) is 0 Å². The van der Waals surface area contributed by atoms with Crippen molar-refractivity contribution in [1.29, 1.82) is 0 Å². The molecule has 1 aromatic rings. The molecule has 0 saturated carbocycles. The van der Waals surface area contributed by atoms with E-state index in [9.17, 15) is 18.4 Å². The lowest BCUT2D eigenvalue weighted by atomic mass is 9.96. The van der Waals surface area contributed by atoms with Crippen molar-refractivity contribution >= 4 is 11.8 Å². The quantitative estimate of drug-likeness (QED) is 0.750. The third-order valence-corrected chi connectivity index (χ3v) is 5.86. The molecule has 2 heterocycles. The van der Waals surface area contributed by atoms with E-state index in [0.29, 0.717) is 31.3 Å². The number of ether oxygens (including phenoxy) is 1. The summed E-state index contributed by atoms with van der Waals surface area (Å²) in [6.45, 7) is 2.57. The van der Waals surface area contributed by atoms with Gasteiger partial charge in [-0.2, -0.15) is 0 Å². The van der Waals surface area contributed by atoms with Gasteiger partial charge in [0.2, 0.25) is 5.91 Å². The molecule has 0 spiro atoms. The first-order chi connectivity index (χ1) is 14.0. The number of nitrogens with one attached hydrogen (secondary N) is 1. The second-order valence-corrected chi connectivity index (χ2v) is 7.85. The summed E-state index contributed by atoms with van der Waals surface area (Å²) in [5, 5.41) is 2.86. The average molecular weight is 409 g/mol. The summed E-state index contributed by atoms with van der Waals surface area (Å²) in [6.07, 6.45) is 3.36. The summed E-state index contributed by atoms with van der Waals surface area (Å²) in [7, 11) is 1.43. The second-order valence-electron chi connectivity index (χ2n) is 7.85. The fourth-order valence-electron chi connectivity index (χ4n) is 4.11. The van der Waals surface area contributed by atoms with Gasteiger partial charge in [-0.3, -0.25) is 14.5 Å². The van der Waals surface area contributed by atoms with Crippen LogP contribution in [0.25, 0.3) is 0 Å². The molecule has 2 amide bonds. The van der Waals surface area contributed by atoms with Crippen LogP contribution in [0.5, 0.6) is 5.75 Å². The number of piperidine rings is 1. The molecule has 6 nitrogen and oxygen atoms in total. The van der Waals surface area contributed by atoms with Gasteiger partial charge in [0, 0.05) is 24.7 Å². The van der Waals surface area contributed by atoms with Crippen molar-refractivity contribution in [1.82, 2.24) is 15.1 Å². The Hall–Kier alpha value is -2.22. The highest BCUT2D eigenvalue weighted by molar-refractivity contribution is 5.94. The number of benzene rings is 1. The van der Waals surface area contributed by atoms with Crippen molar-refractivity contribution in [2.24, 2.45) is 5.92 Å². The lowest BCUT2D eigenvalue weighted by molar-refractivity contribution is -0.133. The summed E-state index contributed by atoms with van der Waals surface area (Å²) in [4.78, 5) is 28.5. The predicted octanol–water partition coefficient (Wildman–Crippen LogP) is 2.24. The number of amides is 2. The standard InChI is InChI=1S/C21H29F2N3O3/c1-29-19-10-16(9-17(23)11-19)21(28)24-13-15-4-7-25(8-5-15)14-20(27)26-6-2-3-18(26)12-22/h9-11,15,18H,2-8,12-14H2,1H3,(H,24,28)/t18-/m1/s1. The molecule has 1 aromatic carbocycles. The van der Waals surface area contributed by atoms with Crippen LogP contribution < -0.4 is 10.1 Å². The van der Waals surface area contributed by atoms with Crippen LogP contribution in [0, 0.1) is 11.7 Å². The molecule has 2 aliphatic heterocycles. The fourth-order valence-corrected chi connectivity index (χ4v) is 4.11. The first kappa shape index (κ1) is 21.5. The van der Waals surface area contributed by atoms with Crippen molar-refractivity contribution in [2.45, 2.75) is 31.7 Å². The monoisotopic (exact) mass is 409 g/mol. The lowest BCUT2D eigenvalue weighted by Gasteiger charge is -2.33. The third kappa shape index (κ3) is 5.65. The van der Waals surface area contributed by atoms with Crippen molar-refractivity contribution in [3.8, 4) is 5.75 Å². The Morgan fingerprint density at radius 2 is 1.93 bits per heavy atom. The van der Waals surface area contributed by atoms with E-state index in [1.807, 2.05) is 0 Å². The number of carbonyl (C=O) groups excluding carboxylic acids is 2. The van der Waals surface area contributed by atoms with E-state index in [2.05, 4.69) is 10.2 Å². The van der Waals surface area contributed by atoms with E-state index >= 15 is 0 Å². The zero-order chi connectivity index (χ0) is 20.8. The molecule has 0 unspecified atom stereocenters. The Labute approximate surface area is 170 Å². The summed E-state index contributed by atoms with van der Waals surface area (Å²) in [6, 6.07) is 3.67. The molecule has 0 aromatic heterocycles. The average Bonchev–Trinajstić information content (AvgIpc) is 3.21. The van der Waals surface area contributed by atoms with Gasteiger partial charge >= 0.3 is 0 Å². The predicted molar refractivity (Wildman–Crippen MR) is 105 cm³/mol. The number of likely N-dealkylation sites (tertiary alicyclic amines) is 2. The molecule has 1 atom stereocenters. The maximum absolute atomic E-state index is 13.6. The Morgan fingerprint density at radius 1 is 1.17 bits per heavy atom. The van der Waals surface area contributed by atoms with Crippen molar-refractivity contribution in [2.75, 3.05) is 46.5 Å². The Bertz CT molecular complexity index is 723. The van der Waals surface area contributed by atoms with Crippen LogP contribution in [0.4, 0.5) is 8.78 Å². The van der Waals surface area contributed by atoms with Crippen LogP contribution in [0.2, 0.25) is 0 Å². The van der Waals surface area contributed by atoms with Gasteiger partial charge in [0.15, 0.2) is 0 Å². The SMILES string of the molecule is COc1cc(F)cc(C(=O)NCC2CCN(CC(=O)N3CCC[C@@H]3CF)CC2)c1. The molecule has 2 saturated heterocycles. The molecular formula is C21H29F2N3O3. The molecule has 0 aliphatic carbocycles.